The summed E-state index contributed by atoms with van der Waals surface area (Å²) >= 11 is 0. The predicted molar refractivity (Wildman–Crippen MR) is 118 cm³/mol. The van der Waals surface area contributed by atoms with E-state index < -0.39 is 11.7 Å². The highest BCUT2D eigenvalue weighted by Gasteiger charge is 2.35. The van der Waals surface area contributed by atoms with Gasteiger partial charge in [-0.05, 0) is 56.0 Å². The first-order valence-electron chi connectivity index (χ1n) is 10.4. The maximum Gasteiger partial charge on any atom is 0.261 e. The van der Waals surface area contributed by atoms with Crippen molar-refractivity contribution in [2.24, 2.45) is 0 Å². The number of amides is 1. The van der Waals surface area contributed by atoms with Gasteiger partial charge in [0.05, 0.1) is 13.2 Å². The second kappa shape index (κ2) is 8.21. The summed E-state index contributed by atoms with van der Waals surface area (Å²) in [5.41, 5.74) is 1.85. The molecule has 5 nitrogen and oxygen atoms in total. The van der Waals surface area contributed by atoms with Crippen molar-refractivity contribution in [2.75, 3.05) is 7.11 Å². The highest BCUT2D eigenvalue weighted by molar-refractivity contribution is 5.81. The summed E-state index contributed by atoms with van der Waals surface area (Å²) in [5, 5.41) is 3.14. The average Bonchev–Trinajstić information content (AvgIpc) is 2.66. The number of hydrogen-bond acceptors (Lipinski definition) is 4. The van der Waals surface area contributed by atoms with Crippen LogP contribution < -0.4 is 19.5 Å². The molecule has 0 spiro atoms. The average molecular weight is 412 g/mol. The molecule has 162 valence electrons. The standard InChI is InChI=1S/C25H33NO4/c1-16(29-18-10-8-17(9-11-18)24(2,3)4)23(27)26-21-15-25(5,6)30-22-14-19(28-7)12-13-20(21)22/h8-14,16,21H,15H2,1-7H3,(H,26,27)/t16-,21+/m1/s1. The molecule has 1 amide bonds. The van der Waals surface area contributed by atoms with Gasteiger partial charge < -0.3 is 19.5 Å². The summed E-state index contributed by atoms with van der Waals surface area (Å²) in [7, 11) is 1.63. The van der Waals surface area contributed by atoms with Gasteiger partial charge in [0.2, 0.25) is 0 Å². The number of methoxy groups -OCH3 is 1. The Bertz CT molecular complexity index is 896. The van der Waals surface area contributed by atoms with Gasteiger partial charge in [0.15, 0.2) is 6.10 Å². The number of fused-ring (bicyclic) bond motifs is 1. The number of carbonyl (C=O) groups is 1. The van der Waals surface area contributed by atoms with Gasteiger partial charge in [-0.15, -0.1) is 0 Å². The minimum absolute atomic E-state index is 0.0768. The predicted octanol–water partition coefficient (Wildman–Crippen LogP) is 5.18. The van der Waals surface area contributed by atoms with Crippen LogP contribution in [0, 0.1) is 0 Å². The fourth-order valence-electron chi connectivity index (χ4n) is 3.67. The van der Waals surface area contributed by atoms with Crippen molar-refractivity contribution in [3.8, 4) is 17.2 Å². The number of nitrogens with one attached hydrogen (secondary N) is 1. The number of ether oxygens (including phenoxy) is 3. The second-order valence-electron chi connectivity index (χ2n) is 9.57. The lowest BCUT2D eigenvalue weighted by Gasteiger charge is -2.38. The van der Waals surface area contributed by atoms with Crippen LogP contribution in [0.15, 0.2) is 42.5 Å². The van der Waals surface area contributed by atoms with Crippen molar-refractivity contribution in [3.63, 3.8) is 0 Å². The Morgan fingerprint density at radius 3 is 2.37 bits per heavy atom. The van der Waals surface area contributed by atoms with Crippen LogP contribution in [0.4, 0.5) is 0 Å². The molecule has 0 bridgehead atoms. The first-order valence-corrected chi connectivity index (χ1v) is 10.4. The van der Waals surface area contributed by atoms with E-state index in [1.54, 1.807) is 14.0 Å². The molecule has 30 heavy (non-hydrogen) atoms. The van der Waals surface area contributed by atoms with Gasteiger partial charge in [0.1, 0.15) is 22.8 Å². The van der Waals surface area contributed by atoms with Crippen LogP contribution in [0.2, 0.25) is 0 Å². The second-order valence-corrected chi connectivity index (χ2v) is 9.57. The molecule has 2 aromatic carbocycles. The van der Waals surface area contributed by atoms with Crippen molar-refractivity contribution >= 4 is 5.91 Å². The van der Waals surface area contributed by atoms with Crippen molar-refractivity contribution in [1.29, 1.82) is 0 Å². The molecule has 0 saturated heterocycles. The maximum absolute atomic E-state index is 12.9. The Hall–Kier alpha value is -2.69. The van der Waals surface area contributed by atoms with Gasteiger partial charge >= 0.3 is 0 Å². The van der Waals surface area contributed by atoms with Crippen molar-refractivity contribution in [1.82, 2.24) is 5.32 Å². The van der Waals surface area contributed by atoms with Gasteiger partial charge in [0.25, 0.3) is 5.91 Å². The first-order chi connectivity index (χ1) is 14.0. The van der Waals surface area contributed by atoms with Crippen LogP contribution >= 0.6 is 0 Å². The molecule has 0 fully saturated rings. The number of carbonyl (C=O) groups excluding carboxylic acids is 1. The highest BCUT2D eigenvalue weighted by Crippen LogP contribution is 2.41. The summed E-state index contributed by atoms with van der Waals surface area (Å²) in [6, 6.07) is 13.5. The Morgan fingerprint density at radius 2 is 1.77 bits per heavy atom. The molecule has 3 rings (SSSR count). The highest BCUT2D eigenvalue weighted by atomic mass is 16.5. The molecule has 1 aliphatic rings. The zero-order valence-corrected chi connectivity index (χ0v) is 19.0. The van der Waals surface area contributed by atoms with Gasteiger partial charge in [-0.1, -0.05) is 32.9 Å². The molecule has 5 heteroatoms. The third kappa shape index (κ3) is 5.07. The monoisotopic (exact) mass is 411 g/mol. The molecule has 0 radical (unpaired) electrons. The Morgan fingerprint density at radius 1 is 1.13 bits per heavy atom. The Balaban J connectivity index is 1.70. The van der Waals surface area contributed by atoms with E-state index in [9.17, 15) is 4.79 Å². The molecule has 0 aromatic heterocycles. The molecular formula is C25H33NO4. The normalized spacial score (nSPS) is 18.6. The quantitative estimate of drug-likeness (QED) is 0.737. The minimum Gasteiger partial charge on any atom is -0.497 e. The van der Waals surface area contributed by atoms with Crippen molar-refractivity contribution < 1.29 is 19.0 Å². The fraction of sp³-hybridized carbons (Fsp3) is 0.480. The fourth-order valence-corrected chi connectivity index (χ4v) is 3.67. The van der Waals surface area contributed by atoms with Crippen molar-refractivity contribution in [2.45, 2.75) is 71.1 Å². The van der Waals surface area contributed by atoms with E-state index in [1.807, 2.05) is 56.3 Å². The largest absolute Gasteiger partial charge is 0.497 e. The Labute approximate surface area is 179 Å². The van der Waals surface area contributed by atoms with E-state index in [0.29, 0.717) is 12.2 Å². The van der Waals surface area contributed by atoms with E-state index in [0.717, 1.165) is 17.1 Å². The molecular weight excluding hydrogens is 378 g/mol. The summed E-state index contributed by atoms with van der Waals surface area (Å²) in [6.07, 6.45) is 0.0589. The van der Waals surface area contributed by atoms with Crippen LogP contribution in [0.25, 0.3) is 0 Å². The zero-order valence-electron chi connectivity index (χ0n) is 19.0. The number of hydrogen-bond donors (Lipinski definition) is 1. The third-order valence-corrected chi connectivity index (χ3v) is 5.40. The topological polar surface area (TPSA) is 56.8 Å². The molecule has 0 unspecified atom stereocenters. The van der Waals surface area contributed by atoms with E-state index >= 15 is 0 Å². The minimum atomic E-state index is -0.613. The van der Waals surface area contributed by atoms with Crippen LogP contribution in [0.1, 0.15) is 65.1 Å². The number of rotatable bonds is 5. The summed E-state index contributed by atoms with van der Waals surface area (Å²) in [6.45, 7) is 12.3. The molecule has 2 atom stereocenters. The lowest BCUT2D eigenvalue weighted by molar-refractivity contribution is -0.128. The van der Waals surface area contributed by atoms with E-state index in [4.69, 9.17) is 14.2 Å². The summed E-state index contributed by atoms with van der Waals surface area (Å²) in [4.78, 5) is 12.9. The number of benzene rings is 2. The molecule has 0 aliphatic carbocycles. The summed E-state index contributed by atoms with van der Waals surface area (Å²) < 4.78 is 17.3. The first kappa shape index (κ1) is 22.0. The molecule has 1 heterocycles. The van der Waals surface area contributed by atoms with Gasteiger partial charge in [-0.3, -0.25) is 4.79 Å². The Kier molecular flexibility index (Phi) is 6.02. The van der Waals surface area contributed by atoms with E-state index in [2.05, 4.69) is 26.1 Å². The molecule has 2 aromatic rings. The zero-order chi connectivity index (χ0) is 22.1. The van der Waals surface area contributed by atoms with Crippen LogP contribution in [0.3, 0.4) is 0 Å². The SMILES string of the molecule is COc1ccc2c(c1)OC(C)(C)C[C@@H]2NC(=O)[C@@H](C)Oc1ccc(C(C)(C)C)cc1. The lowest BCUT2D eigenvalue weighted by Crippen LogP contribution is -2.44. The van der Waals surface area contributed by atoms with Crippen molar-refractivity contribution in [3.05, 3.63) is 53.6 Å². The molecule has 0 saturated carbocycles. The lowest BCUT2D eigenvalue weighted by atomic mass is 9.87. The van der Waals surface area contributed by atoms with Gasteiger partial charge in [-0.2, -0.15) is 0 Å². The van der Waals surface area contributed by atoms with Crippen LogP contribution in [-0.4, -0.2) is 24.7 Å². The summed E-state index contributed by atoms with van der Waals surface area (Å²) in [5.74, 6) is 2.00. The van der Waals surface area contributed by atoms with Crippen LogP contribution in [-0.2, 0) is 10.2 Å². The third-order valence-electron chi connectivity index (χ3n) is 5.40. The van der Waals surface area contributed by atoms with E-state index in [1.165, 1.54) is 5.56 Å². The smallest absolute Gasteiger partial charge is 0.261 e. The van der Waals surface area contributed by atoms with Gasteiger partial charge in [-0.25, -0.2) is 0 Å². The maximum atomic E-state index is 12.9. The van der Waals surface area contributed by atoms with E-state index in [-0.39, 0.29) is 17.4 Å². The molecule has 1 N–H and O–H groups in total. The molecule has 1 aliphatic heterocycles. The van der Waals surface area contributed by atoms with Gasteiger partial charge in [0, 0.05) is 18.1 Å². The van der Waals surface area contributed by atoms with Crippen LogP contribution in [0.5, 0.6) is 17.2 Å².